The lowest BCUT2D eigenvalue weighted by molar-refractivity contribution is -0.0167. The van der Waals surface area contributed by atoms with Crippen molar-refractivity contribution in [2.24, 2.45) is 0 Å². The van der Waals surface area contributed by atoms with Crippen LogP contribution in [0.5, 0.6) is 0 Å². The molecule has 0 atom stereocenters. The molecule has 8 nitrogen and oxygen atoms in total. The predicted octanol–water partition coefficient (Wildman–Crippen LogP) is 4.26. The Morgan fingerprint density at radius 1 is 0.697 bits per heavy atom. The molecule has 2 aromatic carbocycles. The molecule has 0 fully saturated rings. The molecule has 0 spiro atoms. The standard InChI is InChI=1S/C25H24N4O4/c1-16-11-18(3)28(26-16)22-9-5-7-20(13-22)24(30)32-15-33-25(31)21-8-6-10-23(14-21)29-19(4)12-17(2)27-29/h5-14H,15H2,1-4H3. The van der Waals surface area contributed by atoms with Crippen LogP contribution in [-0.2, 0) is 9.47 Å². The fourth-order valence-corrected chi connectivity index (χ4v) is 3.61. The van der Waals surface area contributed by atoms with E-state index in [-0.39, 0.29) is 0 Å². The van der Waals surface area contributed by atoms with Crippen LogP contribution in [0.2, 0.25) is 0 Å². The van der Waals surface area contributed by atoms with Crippen molar-refractivity contribution in [3.63, 3.8) is 0 Å². The second-order valence-corrected chi connectivity index (χ2v) is 7.76. The first kappa shape index (κ1) is 22.0. The number of hydrogen-bond donors (Lipinski definition) is 0. The lowest BCUT2D eigenvalue weighted by Crippen LogP contribution is -2.14. The summed E-state index contributed by atoms with van der Waals surface area (Å²) in [5.41, 5.74) is 5.83. The summed E-state index contributed by atoms with van der Waals surface area (Å²) in [7, 11) is 0. The number of carbonyl (C=O) groups is 2. The van der Waals surface area contributed by atoms with Crippen LogP contribution in [0.4, 0.5) is 0 Å². The Hall–Kier alpha value is -4.20. The monoisotopic (exact) mass is 444 g/mol. The summed E-state index contributed by atoms with van der Waals surface area (Å²) < 4.78 is 13.8. The highest BCUT2D eigenvalue weighted by atomic mass is 16.7. The Morgan fingerprint density at radius 3 is 1.48 bits per heavy atom. The van der Waals surface area contributed by atoms with Gasteiger partial charge in [0.15, 0.2) is 0 Å². The van der Waals surface area contributed by atoms with Crippen molar-refractivity contribution in [3.8, 4) is 11.4 Å². The van der Waals surface area contributed by atoms with E-state index in [0.29, 0.717) is 11.1 Å². The molecular formula is C25H24N4O4. The highest BCUT2D eigenvalue weighted by Gasteiger charge is 2.14. The highest BCUT2D eigenvalue weighted by Crippen LogP contribution is 2.16. The summed E-state index contributed by atoms with van der Waals surface area (Å²) in [5.74, 6) is -1.19. The molecule has 2 aromatic heterocycles. The summed E-state index contributed by atoms with van der Waals surface area (Å²) in [6.45, 7) is 7.19. The fraction of sp³-hybridized carbons (Fsp3) is 0.200. The van der Waals surface area contributed by atoms with E-state index < -0.39 is 18.7 Å². The van der Waals surface area contributed by atoms with E-state index in [1.54, 1.807) is 45.8 Å². The Bertz CT molecular complexity index is 1230. The van der Waals surface area contributed by atoms with Gasteiger partial charge in [0.25, 0.3) is 0 Å². The number of benzene rings is 2. The summed E-state index contributed by atoms with van der Waals surface area (Å²) in [5, 5.41) is 8.85. The second kappa shape index (κ2) is 9.12. The first-order chi connectivity index (χ1) is 15.8. The molecule has 2 heterocycles. The molecule has 4 rings (SSSR count). The summed E-state index contributed by atoms with van der Waals surface area (Å²) in [4.78, 5) is 24.9. The Balaban J connectivity index is 1.39. The zero-order valence-electron chi connectivity index (χ0n) is 18.9. The predicted molar refractivity (Wildman–Crippen MR) is 122 cm³/mol. The number of ether oxygens (including phenoxy) is 2. The van der Waals surface area contributed by atoms with Crippen molar-refractivity contribution in [2.75, 3.05) is 6.79 Å². The summed E-state index contributed by atoms with van der Waals surface area (Å²) >= 11 is 0. The number of hydrogen-bond acceptors (Lipinski definition) is 6. The highest BCUT2D eigenvalue weighted by molar-refractivity contribution is 5.91. The normalized spacial score (nSPS) is 10.8. The van der Waals surface area contributed by atoms with Crippen LogP contribution in [0.3, 0.4) is 0 Å². The summed E-state index contributed by atoms with van der Waals surface area (Å²) in [6, 6.07) is 17.7. The van der Waals surface area contributed by atoms with Crippen molar-refractivity contribution in [3.05, 3.63) is 94.6 Å². The lowest BCUT2D eigenvalue weighted by atomic mass is 10.2. The number of rotatable bonds is 6. The SMILES string of the molecule is Cc1cc(C)n(-c2cccc(C(=O)OCOC(=O)c3cccc(-n4nc(C)cc4C)c3)c2)n1. The molecule has 0 saturated heterocycles. The second-order valence-electron chi connectivity index (χ2n) is 7.76. The molecule has 0 N–H and O–H groups in total. The van der Waals surface area contributed by atoms with E-state index in [1.807, 2.05) is 52.0 Å². The van der Waals surface area contributed by atoms with Gasteiger partial charge in [-0.1, -0.05) is 12.1 Å². The lowest BCUT2D eigenvalue weighted by Gasteiger charge is -2.09. The molecular weight excluding hydrogens is 420 g/mol. The minimum atomic E-state index is -0.595. The van der Waals surface area contributed by atoms with Crippen LogP contribution in [0.1, 0.15) is 43.5 Å². The van der Waals surface area contributed by atoms with Gasteiger partial charge in [-0.2, -0.15) is 10.2 Å². The van der Waals surface area contributed by atoms with Crippen LogP contribution >= 0.6 is 0 Å². The van der Waals surface area contributed by atoms with Crippen molar-refractivity contribution < 1.29 is 19.1 Å². The van der Waals surface area contributed by atoms with Crippen molar-refractivity contribution in [1.82, 2.24) is 19.6 Å². The first-order valence-electron chi connectivity index (χ1n) is 10.4. The zero-order valence-corrected chi connectivity index (χ0v) is 18.9. The van der Waals surface area contributed by atoms with Gasteiger partial charge in [-0.25, -0.2) is 19.0 Å². The van der Waals surface area contributed by atoms with Crippen LogP contribution < -0.4 is 0 Å². The minimum Gasteiger partial charge on any atom is -0.424 e. The molecule has 0 saturated carbocycles. The molecule has 8 heteroatoms. The maximum Gasteiger partial charge on any atom is 0.341 e. The largest absolute Gasteiger partial charge is 0.424 e. The summed E-state index contributed by atoms with van der Waals surface area (Å²) in [6.07, 6.45) is 0. The van der Waals surface area contributed by atoms with E-state index >= 15 is 0 Å². The third kappa shape index (κ3) is 4.85. The molecule has 0 unspecified atom stereocenters. The van der Waals surface area contributed by atoms with Crippen LogP contribution in [0.25, 0.3) is 11.4 Å². The third-order valence-corrected chi connectivity index (χ3v) is 5.05. The van der Waals surface area contributed by atoms with Gasteiger partial charge in [0.05, 0.1) is 33.9 Å². The molecule has 4 aromatic rings. The Kier molecular flexibility index (Phi) is 6.08. The fourth-order valence-electron chi connectivity index (χ4n) is 3.61. The number of aryl methyl sites for hydroxylation is 4. The molecule has 0 amide bonds. The van der Waals surface area contributed by atoms with Gasteiger partial charge in [-0.05, 0) is 76.2 Å². The van der Waals surface area contributed by atoms with Crippen LogP contribution in [0.15, 0.2) is 60.7 Å². The van der Waals surface area contributed by atoms with Gasteiger partial charge in [-0.15, -0.1) is 0 Å². The van der Waals surface area contributed by atoms with Crippen LogP contribution in [-0.4, -0.2) is 38.3 Å². The van der Waals surface area contributed by atoms with E-state index in [4.69, 9.17) is 9.47 Å². The molecule has 0 aliphatic rings. The van der Waals surface area contributed by atoms with E-state index in [1.165, 1.54) is 0 Å². The Labute approximate surface area is 191 Å². The van der Waals surface area contributed by atoms with Gasteiger partial charge >= 0.3 is 11.9 Å². The van der Waals surface area contributed by atoms with Crippen molar-refractivity contribution in [1.29, 1.82) is 0 Å². The first-order valence-corrected chi connectivity index (χ1v) is 10.4. The quantitative estimate of drug-likeness (QED) is 0.326. The smallest absolute Gasteiger partial charge is 0.341 e. The van der Waals surface area contributed by atoms with Gasteiger partial charge in [0.2, 0.25) is 6.79 Å². The topological polar surface area (TPSA) is 88.2 Å². The van der Waals surface area contributed by atoms with Crippen molar-refractivity contribution >= 4 is 11.9 Å². The maximum absolute atomic E-state index is 12.5. The minimum absolute atomic E-state index is 0.336. The van der Waals surface area contributed by atoms with Gasteiger partial charge in [0, 0.05) is 11.4 Å². The number of aromatic nitrogens is 4. The third-order valence-electron chi connectivity index (χ3n) is 5.05. The van der Waals surface area contributed by atoms with E-state index in [9.17, 15) is 9.59 Å². The van der Waals surface area contributed by atoms with Crippen molar-refractivity contribution in [2.45, 2.75) is 27.7 Å². The molecule has 0 aliphatic carbocycles. The average molecular weight is 444 g/mol. The number of carbonyl (C=O) groups excluding carboxylic acids is 2. The Morgan fingerprint density at radius 2 is 1.12 bits per heavy atom. The number of nitrogens with zero attached hydrogens (tertiary/aromatic N) is 4. The molecule has 0 bridgehead atoms. The van der Waals surface area contributed by atoms with Gasteiger partial charge < -0.3 is 9.47 Å². The molecule has 33 heavy (non-hydrogen) atoms. The molecule has 0 aliphatic heterocycles. The molecule has 168 valence electrons. The van der Waals surface area contributed by atoms with Gasteiger partial charge in [-0.3, -0.25) is 0 Å². The van der Waals surface area contributed by atoms with E-state index in [2.05, 4.69) is 10.2 Å². The number of esters is 2. The molecule has 0 radical (unpaired) electrons. The van der Waals surface area contributed by atoms with Gasteiger partial charge in [0.1, 0.15) is 0 Å². The average Bonchev–Trinajstić information content (AvgIpc) is 3.33. The van der Waals surface area contributed by atoms with E-state index in [0.717, 1.165) is 34.2 Å². The van der Waals surface area contributed by atoms with Crippen LogP contribution in [0, 0.1) is 27.7 Å². The zero-order chi connectivity index (χ0) is 23.5. The maximum atomic E-state index is 12.5.